The van der Waals surface area contributed by atoms with Crippen molar-refractivity contribution in [3.8, 4) is 0 Å². The third-order valence-electron chi connectivity index (χ3n) is 2.70. The molecule has 2 aromatic heterocycles. The van der Waals surface area contributed by atoms with Gasteiger partial charge in [-0.15, -0.1) is 11.3 Å². The fourth-order valence-corrected chi connectivity index (χ4v) is 2.90. The van der Waals surface area contributed by atoms with Crippen LogP contribution in [0.3, 0.4) is 0 Å². The summed E-state index contributed by atoms with van der Waals surface area (Å²) in [4.78, 5) is 37.5. The minimum atomic E-state index is -1.34. The van der Waals surface area contributed by atoms with Gasteiger partial charge in [-0.3, -0.25) is 14.3 Å². The summed E-state index contributed by atoms with van der Waals surface area (Å²) in [6.07, 6.45) is 0.644. The molecule has 0 saturated carbocycles. The molecule has 0 amide bonds. The maximum Gasteiger partial charge on any atom is 0.329 e. The molecule has 0 aliphatic heterocycles. The van der Waals surface area contributed by atoms with Gasteiger partial charge in [0, 0.05) is 6.54 Å². The van der Waals surface area contributed by atoms with Crippen LogP contribution in [0.2, 0.25) is 0 Å². The molecule has 7 heteroatoms. The van der Waals surface area contributed by atoms with E-state index in [0.29, 0.717) is 18.5 Å². The fourth-order valence-electron chi connectivity index (χ4n) is 1.87. The van der Waals surface area contributed by atoms with Gasteiger partial charge in [0.2, 0.25) is 0 Å². The molecule has 18 heavy (non-hydrogen) atoms. The van der Waals surface area contributed by atoms with E-state index in [0.717, 1.165) is 15.9 Å². The second-order valence-corrected chi connectivity index (χ2v) is 4.96. The summed E-state index contributed by atoms with van der Waals surface area (Å²) < 4.78 is 1.08. The first-order valence-electron chi connectivity index (χ1n) is 5.45. The number of H-pyrrole nitrogens is 1. The second-order valence-electron chi connectivity index (χ2n) is 3.93. The lowest BCUT2D eigenvalue weighted by Gasteiger charge is -2.02. The third-order valence-corrected chi connectivity index (χ3v) is 3.89. The predicted molar refractivity (Wildman–Crippen MR) is 66.1 cm³/mol. The van der Waals surface area contributed by atoms with Crippen molar-refractivity contribution in [3.63, 3.8) is 0 Å². The molecule has 2 aromatic rings. The Labute approximate surface area is 106 Å². The maximum absolute atomic E-state index is 12.1. The second kappa shape index (κ2) is 4.41. The van der Waals surface area contributed by atoms with Gasteiger partial charge in [-0.05, 0) is 18.9 Å². The summed E-state index contributed by atoms with van der Waals surface area (Å²) in [5.41, 5.74) is -0.613. The zero-order valence-electron chi connectivity index (χ0n) is 9.90. The van der Waals surface area contributed by atoms with Crippen molar-refractivity contribution in [3.05, 3.63) is 31.3 Å². The highest BCUT2D eigenvalue weighted by atomic mass is 32.1. The summed E-state index contributed by atoms with van der Waals surface area (Å²) in [6.45, 7) is 3.70. The van der Waals surface area contributed by atoms with Crippen molar-refractivity contribution in [1.82, 2.24) is 9.55 Å². The Morgan fingerprint density at radius 2 is 2.11 bits per heavy atom. The number of aromatic carboxylic acids is 1. The van der Waals surface area contributed by atoms with Gasteiger partial charge in [-0.2, -0.15) is 0 Å². The average molecular weight is 267 g/mol. The Morgan fingerprint density at radius 3 is 2.67 bits per heavy atom. The SMILES string of the molecule is CCCn1c(=O)[nH]c2sc(C(=O)[O-])c(C)c2c1=O. The summed E-state index contributed by atoms with van der Waals surface area (Å²) in [5.74, 6) is -1.34. The molecule has 0 spiro atoms. The molecule has 0 saturated heterocycles. The number of aromatic nitrogens is 2. The van der Waals surface area contributed by atoms with E-state index >= 15 is 0 Å². The number of hydrogen-bond acceptors (Lipinski definition) is 5. The molecule has 0 radical (unpaired) electrons. The minimum Gasteiger partial charge on any atom is -0.544 e. The first kappa shape index (κ1) is 12.6. The van der Waals surface area contributed by atoms with Gasteiger partial charge in [-0.25, -0.2) is 4.79 Å². The Morgan fingerprint density at radius 1 is 1.44 bits per heavy atom. The van der Waals surface area contributed by atoms with E-state index in [-0.39, 0.29) is 15.1 Å². The molecule has 2 rings (SSSR count). The number of carboxylic acids is 1. The number of nitrogens with one attached hydrogen (secondary N) is 1. The Kier molecular flexibility index (Phi) is 3.08. The zero-order valence-corrected chi connectivity index (χ0v) is 10.7. The molecule has 2 heterocycles. The van der Waals surface area contributed by atoms with E-state index in [1.807, 2.05) is 6.92 Å². The van der Waals surface area contributed by atoms with Crippen LogP contribution < -0.4 is 16.4 Å². The molecule has 0 aliphatic rings. The largest absolute Gasteiger partial charge is 0.544 e. The van der Waals surface area contributed by atoms with Crippen LogP contribution in [0.1, 0.15) is 28.6 Å². The number of nitrogens with zero attached hydrogens (tertiary/aromatic N) is 1. The summed E-state index contributed by atoms with van der Waals surface area (Å²) in [5, 5.41) is 11.2. The van der Waals surface area contributed by atoms with Crippen LogP contribution in [0.15, 0.2) is 9.59 Å². The Balaban J connectivity index is 2.89. The summed E-state index contributed by atoms with van der Waals surface area (Å²) >= 11 is 0.856. The molecule has 0 fully saturated rings. The van der Waals surface area contributed by atoms with Crippen molar-refractivity contribution < 1.29 is 9.90 Å². The van der Waals surface area contributed by atoms with Gasteiger partial charge in [0.15, 0.2) is 0 Å². The van der Waals surface area contributed by atoms with Crippen LogP contribution in [-0.4, -0.2) is 15.5 Å². The highest BCUT2D eigenvalue weighted by Gasteiger charge is 2.15. The van der Waals surface area contributed by atoms with Gasteiger partial charge in [0.1, 0.15) is 4.83 Å². The van der Waals surface area contributed by atoms with Crippen LogP contribution in [0.25, 0.3) is 10.2 Å². The predicted octanol–water partition coefficient (Wildman–Crippen LogP) is -0.167. The molecule has 1 N–H and O–H groups in total. The van der Waals surface area contributed by atoms with Crippen LogP contribution in [0.4, 0.5) is 0 Å². The number of hydrogen-bond donors (Lipinski definition) is 1. The third kappa shape index (κ3) is 1.76. The molecule has 0 aromatic carbocycles. The smallest absolute Gasteiger partial charge is 0.329 e. The maximum atomic E-state index is 12.1. The molecule has 0 atom stereocenters. The van der Waals surface area contributed by atoms with E-state index in [9.17, 15) is 19.5 Å². The molecular formula is C11H11N2O4S-. The topological polar surface area (TPSA) is 95.0 Å². The summed E-state index contributed by atoms with van der Waals surface area (Å²) in [6, 6.07) is 0. The number of carbonyl (C=O) groups excluding carboxylic acids is 1. The number of rotatable bonds is 3. The lowest BCUT2D eigenvalue weighted by Crippen LogP contribution is -2.34. The van der Waals surface area contributed by atoms with Crippen molar-refractivity contribution >= 4 is 27.5 Å². The summed E-state index contributed by atoms with van der Waals surface area (Å²) in [7, 11) is 0. The van der Waals surface area contributed by atoms with Gasteiger partial charge in [-0.1, -0.05) is 6.92 Å². The normalized spacial score (nSPS) is 11.0. The molecule has 96 valence electrons. The van der Waals surface area contributed by atoms with Crippen molar-refractivity contribution in [2.24, 2.45) is 0 Å². The lowest BCUT2D eigenvalue weighted by molar-refractivity contribution is -0.254. The number of carbonyl (C=O) groups is 1. The van der Waals surface area contributed by atoms with Gasteiger partial charge in [0.05, 0.1) is 16.2 Å². The Bertz CT molecular complexity index is 738. The van der Waals surface area contributed by atoms with E-state index in [4.69, 9.17) is 0 Å². The van der Waals surface area contributed by atoms with Gasteiger partial charge in [0.25, 0.3) is 5.56 Å². The van der Waals surface area contributed by atoms with E-state index in [1.54, 1.807) is 6.92 Å². The van der Waals surface area contributed by atoms with Crippen molar-refractivity contribution in [2.75, 3.05) is 0 Å². The quantitative estimate of drug-likeness (QED) is 0.835. The molecular weight excluding hydrogens is 256 g/mol. The van der Waals surface area contributed by atoms with Crippen LogP contribution in [0, 0.1) is 6.92 Å². The lowest BCUT2D eigenvalue weighted by atomic mass is 10.2. The van der Waals surface area contributed by atoms with Crippen molar-refractivity contribution in [1.29, 1.82) is 0 Å². The van der Waals surface area contributed by atoms with Crippen LogP contribution in [0.5, 0.6) is 0 Å². The zero-order chi connectivity index (χ0) is 13.4. The molecule has 0 bridgehead atoms. The number of aryl methyl sites for hydroxylation is 1. The number of carboxylic acid groups (broad SMARTS) is 1. The fraction of sp³-hybridized carbons (Fsp3) is 0.364. The van der Waals surface area contributed by atoms with Gasteiger partial charge >= 0.3 is 5.69 Å². The van der Waals surface area contributed by atoms with Crippen LogP contribution >= 0.6 is 11.3 Å². The number of thiophene rings is 1. The molecule has 0 aliphatic carbocycles. The standard InChI is InChI=1S/C11H12N2O4S/c1-3-4-13-9(14)6-5(2)7(10(15)16)18-8(6)12-11(13)17/h3-4H2,1-2H3,(H,12,17)(H,15,16)/p-1. The van der Waals surface area contributed by atoms with Crippen molar-refractivity contribution in [2.45, 2.75) is 26.8 Å². The highest BCUT2D eigenvalue weighted by Crippen LogP contribution is 2.25. The Hall–Kier alpha value is -1.89. The number of aromatic amines is 1. The number of fused-ring (bicyclic) bond motifs is 1. The first-order chi connectivity index (χ1) is 8.47. The highest BCUT2D eigenvalue weighted by molar-refractivity contribution is 7.20. The van der Waals surface area contributed by atoms with Gasteiger partial charge < -0.3 is 9.90 Å². The minimum absolute atomic E-state index is 0.0213. The van der Waals surface area contributed by atoms with E-state index < -0.39 is 17.2 Å². The average Bonchev–Trinajstić information content (AvgIpc) is 2.62. The molecule has 6 nitrogen and oxygen atoms in total. The van der Waals surface area contributed by atoms with E-state index in [2.05, 4.69) is 4.98 Å². The first-order valence-corrected chi connectivity index (χ1v) is 6.26. The molecule has 0 unspecified atom stereocenters. The van der Waals surface area contributed by atoms with Crippen LogP contribution in [-0.2, 0) is 6.54 Å². The monoisotopic (exact) mass is 267 g/mol. The van der Waals surface area contributed by atoms with E-state index in [1.165, 1.54) is 0 Å².